The number of hydrogen-bond acceptors (Lipinski definition) is 2. The van der Waals surface area contributed by atoms with E-state index in [1.165, 1.54) is 10.8 Å². The molecule has 0 fully saturated rings. The SMILES string of the molecule is CC[C@@H](N)c1cncn1-c1ccc2ccccc2c1. The Bertz CT molecular complexity index is 700. The Labute approximate surface area is 112 Å². The number of rotatable bonds is 3. The van der Waals surface area contributed by atoms with Gasteiger partial charge in [0.2, 0.25) is 0 Å². The predicted octanol–water partition coefficient (Wildman–Crippen LogP) is 3.44. The number of nitrogens with zero attached hydrogens (tertiary/aromatic N) is 2. The topological polar surface area (TPSA) is 43.8 Å². The Morgan fingerprint density at radius 2 is 1.95 bits per heavy atom. The summed E-state index contributed by atoms with van der Waals surface area (Å²) in [4.78, 5) is 4.23. The molecule has 1 heterocycles. The van der Waals surface area contributed by atoms with Gasteiger partial charge < -0.3 is 10.3 Å². The summed E-state index contributed by atoms with van der Waals surface area (Å²) >= 11 is 0. The molecule has 0 saturated carbocycles. The van der Waals surface area contributed by atoms with Gasteiger partial charge in [0.15, 0.2) is 0 Å². The maximum atomic E-state index is 6.13. The Morgan fingerprint density at radius 3 is 2.74 bits per heavy atom. The minimum atomic E-state index is 0.0222. The van der Waals surface area contributed by atoms with Crippen LogP contribution in [0.4, 0.5) is 0 Å². The Kier molecular flexibility index (Phi) is 3.05. The molecule has 3 heteroatoms. The van der Waals surface area contributed by atoms with Crippen LogP contribution >= 0.6 is 0 Å². The molecule has 3 nitrogen and oxygen atoms in total. The summed E-state index contributed by atoms with van der Waals surface area (Å²) in [5.41, 5.74) is 8.29. The first kappa shape index (κ1) is 11.9. The highest BCUT2D eigenvalue weighted by atomic mass is 15.1. The molecule has 3 aromatic rings. The molecule has 0 bridgehead atoms. The fourth-order valence-corrected chi connectivity index (χ4v) is 2.33. The fourth-order valence-electron chi connectivity index (χ4n) is 2.33. The quantitative estimate of drug-likeness (QED) is 0.775. The Balaban J connectivity index is 2.12. The van der Waals surface area contributed by atoms with Gasteiger partial charge in [-0.1, -0.05) is 37.3 Å². The van der Waals surface area contributed by atoms with Crippen LogP contribution in [0.25, 0.3) is 16.5 Å². The van der Waals surface area contributed by atoms with Crippen molar-refractivity contribution >= 4 is 10.8 Å². The molecule has 1 aromatic heterocycles. The molecule has 0 unspecified atom stereocenters. The Hall–Kier alpha value is -2.13. The first-order valence-corrected chi connectivity index (χ1v) is 6.56. The minimum Gasteiger partial charge on any atom is -0.323 e. The van der Waals surface area contributed by atoms with Crippen molar-refractivity contribution in [2.45, 2.75) is 19.4 Å². The lowest BCUT2D eigenvalue weighted by Gasteiger charge is -2.13. The summed E-state index contributed by atoms with van der Waals surface area (Å²) in [5, 5.41) is 2.47. The van der Waals surface area contributed by atoms with Gasteiger partial charge in [-0.3, -0.25) is 0 Å². The van der Waals surface area contributed by atoms with E-state index < -0.39 is 0 Å². The van der Waals surface area contributed by atoms with Crippen LogP contribution in [-0.2, 0) is 0 Å². The molecule has 19 heavy (non-hydrogen) atoms. The number of hydrogen-bond donors (Lipinski definition) is 1. The van der Waals surface area contributed by atoms with Crippen molar-refractivity contribution in [3.8, 4) is 5.69 Å². The maximum absolute atomic E-state index is 6.13. The van der Waals surface area contributed by atoms with E-state index in [-0.39, 0.29) is 6.04 Å². The number of aromatic nitrogens is 2. The van der Waals surface area contributed by atoms with E-state index in [2.05, 4.69) is 58.9 Å². The van der Waals surface area contributed by atoms with E-state index in [4.69, 9.17) is 5.73 Å². The highest BCUT2D eigenvalue weighted by Gasteiger charge is 2.10. The number of benzene rings is 2. The van der Waals surface area contributed by atoms with Crippen molar-refractivity contribution in [2.75, 3.05) is 0 Å². The van der Waals surface area contributed by atoms with Gasteiger partial charge in [-0.05, 0) is 29.3 Å². The molecule has 3 rings (SSSR count). The summed E-state index contributed by atoms with van der Waals surface area (Å²) in [7, 11) is 0. The second-order valence-corrected chi connectivity index (χ2v) is 4.73. The number of imidazole rings is 1. The predicted molar refractivity (Wildman–Crippen MR) is 78.3 cm³/mol. The fraction of sp³-hybridized carbons (Fsp3) is 0.188. The third-order valence-electron chi connectivity index (χ3n) is 3.50. The van der Waals surface area contributed by atoms with Crippen LogP contribution in [0.1, 0.15) is 25.1 Å². The van der Waals surface area contributed by atoms with Crippen LogP contribution in [0.3, 0.4) is 0 Å². The van der Waals surface area contributed by atoms with Crippen molar-refractivity contribution in [2.24, 2.45) is 5.73 Å². The third kappa shape index (κ3) is 2.13. The smallest absolute Gasteiger partial charge is 0.0994 e. The molecule has 0 aliphatic heterocycles. The molecular formula is C16H17N3. The van der Waals surface area contributed by atoms with Gasteiger partial charge in [-0.25, -0.2) is 4.98 Å². The lowest BCUT2D eigenvalue weighted by Crippen LogP contribution is -2.13. The molecule has 0 amide bonds. The van der Waals surface area contributed by atoms with Crippen LogP contribution < -0.4 is 5.73 Å². The standard InChI is InChI=1S/C16H17N3/c1-2-15(17)16-10-18-11-19(16)14-8-7-12-5-3-4-6-13(12)9-14/h3-11,15H,2,17H2,1H3/t15-/m1/s1. The second-order valence-electron chi connectivity index (χ2n) is 4.73. The normalized spacial score (nSPS) is 12.7. The highest BCUT2D eigenvalue weighted by molar-refractivity contribution is 5.84. The molecule has 2 aromatic carbocycles. The first-order valence-electron chi connectivity index (χ1n) is 6.56. The summed E-state index contributed by atoms with van der Waals surface area (Å²) in [5.74, 6) is 0. The monoisotopic (exact) mass is 251 g/mol. The van der Waals surface area contributed by atoms with E-state index in [1.807, 2.05) is 12.5 Å². The lowest BCUT2D eigenvalue weighted by atomic mass is 10.1. The van der Waals surface area contributed by atoms with Crippen molar-refractivity contribution in [3.63, 3.8) is 0 Å². The van der Waals surface area contributed by atoms with E-state index in [0.717, 1.165) is 17.8 Å². The van der Waals surface area contributed by atoms with Crippen molar-refractivity contribution < 1.29 is 0 Å². The van der Waals surface area contributed by atoms with Gasteiger partial charge in [-0.2, -0.15) is 0 Å². The molecule has 2 N–H and O–H groups in total. The zero-order valence-electron chi connectivity index (χ0n) is 11.0. The Morgan fingerprint density at radius 1 is 1.16 bits per heavy atom. The van der Waals surface area contributed by atoms with E-state index in [1.54, 1.807) is 0 Å². The zero-order chi connectivity index (χ0) is 13.2. The van der Waals surface area contributed by atoms with Gasteiger partial charge in [0.1, 0.15) is 0 Å². The lowest BCUT2D eigenvalue weighted by molar-refractivity contribution is 0.660. The average molecular weight is 251 g/mol. The van der Waals surface area contributed by atoms with Crippen molar-refractivity contribution in [1.29, 1.82) is 0 Å². The van der Waals surface area contributed by atoms with E-state index in [9.17, 15) is 0 Å². The molecule has 0 aliphatic carbocycles. The van der Waals surface area contributed by atoms with Crippen LogP contribution in [0.2, 0.25) is 0 Å². The molecule has 0 aliphatic rings. The van der Waals surface area contributed by atoms with E-state index >= 15 is 0 Å². The molecule has 0 saturated heterocycles. The van der Waals surface area contributed by atoms with Crippen molar-refractivity contribution in [1.82, 2.24) is 9.55 Å². The average Bonchev–Trinajstić information content (AvgIpc) is 2.95. The zero-order valence-corrected chi connectivity index (χ0v) is 11.0. The van der Waals surface area contributed by atoms with Crippen LogP contribution in [0, 0.1) is 0 Å². The first-order chi connectivity index (χ1) is 9.29. The minimum absolute atomic E-state index is 0.0222. The number of fused-ring (bicyclic) bond motifs is 1. The molecule has 0 radical (unpaired) electrons. The third-order valence-corrected chi connectivity index (χ3v) is 3.50. The summed E-state index contributed by atoms with van der Waals surface area (Å²) < 4.78 is 2.07. The summed E-state index contributed by atoms with van der Waals surface area (Å²) in [6, 6.07) is 14.8. The summed E-state index contributed by atoms with van der Waals surface area (Å²) in [6.45, 7) is 2.09. The van der Waals surface area contributed by atoms with Gasteiger partial charge in [0, 0.05) is 11.7 Å². The molecule has 0 spiro atoms. The second kappa shape index (κ2) is 4.86. The largest absolute Gasteiger partial charge is 0.323 e. The summed E-state index contributed by atoms with van der Waals surface area (Å²) in [6.07, 6.45) is 4.58. The van der Waals surface area contributed by atoms with Crippen LogP contribution in [-0.4, -0.2) is 9.55 Å². The maximum Gasteiger partial charge on any atom is 0.0994 e. The van der Waals surface area contributed by atoms with Crippen LogP contribution in [0.5, 0.6) is 0 Å². The highest BCUT2D eigenvalue weighted by Crippen LogP contribution is 2.22. The van der Waals surface area contributed by atoms with Gasteiger partial charge in [0.25, 0.3) is 0 Å². The van der Waals surface area contributed by atoms with E-state index in [0.29, 0.717) is 0 Å². The molecular weight excluding hydrogens is 234 g/mol. The van der Waals surface area contributed by atoms with Gasteiger partial charge in [-0.15, -0.1) is 0 Å². The molecule has 96 valence electrons. The van der Waals surface area contributed by atoms with Gasteiger partial charge >= 0.3 is 0 Å². The van der Waals surface area contributed by atoms with Gasteiger partial charge in [0.05, 0.1) is 18.2 Å². The molecule has 1 atom stereocenters. The van der Waals surface area contributed by atoms with Crippen LogP contribution in [0.15, 0.2) is 55.0 Å². The number of nitrogens with two attached hydrogens (primary N) is 1. The van der Waals surface area contributed by atoms with Crippen molar-refractivity contribution in [3.05, 3.63) is 60.7 Å².